The lowest BCUT2D eigenvalue weighted by molar-refractivity contribution is 0.801. The minimum Gasteiger partial charge on any atom is -0.254 e. The van der Waals surface area contributed by atoms with Crippen molar-refractivity contribution < 1.29 is 0 Å². The van der Waals surface area contributed by atoms with Gasteiger partial charge in [-0.15, -0.1) is 0 Å². The van der Waals surface area contributed by atoms with Crippen molar-refractivity contribution in [2.24, 2.45) is 0 Å². The van der Waals surface area contributed by atoms with Crippen LogP contribution in [-0.2, 0) is 5.41 Å². The molecule has 0 N–H and O–H groups in total. The Kier molecular flexibility index (Phi) is 6.26. The molecule has 3 aromatic heterocycles. The lowest BCUT2D eigenvalue weighted by Gasteiger charge is -2.32. The molecule has 12 rings (SSSR count). The summed E-state index contributed by atoms with van der Waals surface area (Å²) in [5, 5.41) is 3.38. The van der Waals surface area contributed by atoms with E-state index in [-0.39, 0.29) is 0 Å². The van der Waals surface area contributed by atoms with Gasteiger partial charge in [0.25, 0.3) is 0 Å². The van der Waals surface area contributed by atoms with Crippen molar-refractivity contribution in [1.29, 1.82) is 0 Å². The number of fused-ring (bicyclic) bond motifs is 15. The lowest BCUT2D eigenvalue weighted by atomic mass is 9.69. The maximum atomic E-state index is 5.40. The Hall–Kier alpha value is -7.23. The highest BCUT2D eigenvalue weighted by molar-refractivity contribution is 6.07. The van der Waals surface area contributed by atoms with Crippen molar-refractivity contribution in [2.45, 2.75) is 5.41 Å². The van der Waals surface area contributed by atoms with E-state index in [2.05, 4.69) is 181 Å². The molecule has 0 saturated heterocycles. The van der Waals surface area contributed by atoms with Crippen LogP contribution < -0.4 is 0 Å². The zero-order valence-corrected chi connectivity index (χ0v) is 29.7. The zero-order chi connectivity index (χ0) is 36.1. The van der Waals surface area contributed by atoms with Crippen molar-refractivity contribution >= 4 is 32.7 Å². The van der Waals surface area contributed by atoms with E-state index in [0.29, 0.717) is 0 Å². The van der Waals surface area contributed by atoms with Crippen molar-refractivity contribution in [2.75, 3.05) is 0 Å². The zero-order valence-electron chi connectivity index (χ0n) is 29.7. The van der Waals surface area contributed by atoms with Crippen LogP contribution in [0.1, 0.15) is 22.3 Å². The summed E-state index contributed by atoms with van der Waals surface area (Å²) in [6.07, 6.45) is 1.84. The molecule has 3 heterocycles. The van der Waals surface area contributed by atoms with Gasteiger partial charge in [-0.25, -0.2) is 9.97 Å². The van der Waals surface area contributed by atoms with E-state index in [1.807, 2.05) is 12.3 Å². The van der Waals surface area contributed by atoms with Gasteiger partial charge in [-0.2, -0.15) is 0 Å². The molecular weight excluding hydrogens is 667 g/mol. The van der Waals surface area contributed by atoms with Gasteiger partial charge in [0.15, 0.2) is 0 Å². The van der Waals surface area contributed by atoms with Crippen LogP contribution in [0.5, 0.6) is 0 Å². The maximum absolute atomic E-state index is 5.40. The molecule has 0 fully saturated rings. The summed E-state index contributed by atoms with van der Waals surface area (Å²) in [6, 6.07) is 66.0. The summed E-state index contributed by atoms with van der Waals surface area (Å²) < 4.78 is 0. The van der Waals surface area contributed by atoms with Gasteiger partial charge in [0.2, 0.25) is 0 Å². The van der Waals surface area contributed by atoms with Gasteiger partial charge in [0, 0.05) is 39.0 Å². The van der Waals surface area contributed by atoms with Gasteiger partial charge >= 0.3 is 0 Å². The highest BCUT2D eigenvalue weighted by Gasteiger charge is 2.53. The fraction of sp³-hybridized carbons (Fsp3) is 0.0192. The average Bonchev–Trinajstić information content (AvgIpc) is 3.74. The van der Waals surface area contributed by atoms with E-state index >= 15 is 0 Å². The topological polar surface area (TPSA) is 38.7 Å². The molecule has 1 spiro atoms. The number of rotatable bonds is 3. The first-order valence-electron chi connectivity index (χ1n) is 18.9. The summed E-state index contributed by atoms with van der Waals surface area (Å²) in [7, 11) is 0. The van der Waals surface area contributed by atoms with Crippen LogP contribution in [0, 0.1) is 0 Å². The Morgan fingerprint density at radius 3 is 1.91 bits per heavy atom. The average molecular weight is 698 g/mol. The first kappa shape index (κ1) is 30.3. The minimum atomic E-state index is -0.522. The summed E-state index contributed by atoms with van der Waals surface area (Å²) in [6.45, 7) is 0. The molecule has 0 aliphatic heterocycles. The van der Waals surface area contributed by atoms with E-state index in [1.165, 1.54) is 61.0 Å². The number of benzene rings is 7. The van der Waals surface area contributed by atoms with Crippen molar-refractivity contribution in [3.8, 4) is 55.9 Å². The second-order valence-corrected chi connectivity index (χ2v) is 14.7. The molecule has 1 atom stereocenters. The van der Waals surface area contributed by atoms with E-state index < -0.39 is 5.41 Å². The van der Waals surface area contributed by atoms with Gasteiger partial charge in [0.05, 0.1) is 33.4 Å². The Morgan fingerprint density at radius 2 is 1.05 bits per heavy atom. The van der Waals surface area contributed by atoms with Crippen molar-refractivity contribution in [3.05, 3.63) is 210 Å². The van der Waals surface area contributed by atoms with Gasteiger partial charge in [-0.1, -0.05) is 158 Å². The standard InChI is InChI=1S/C52H31N3/c1-2-11-34(12-3-1)49-47-40-15-5-8-18-43(40)52(48(47)41-16-6-9-19-46(41)55-49)42-17-7-4-14-38(42)39-28-26-37(31-44(39)52)32-20-22-33(23-21-32)45-29-27-36-25-24-35-13-10-30-53-50(35)51(36)54-45/h1-31H. The van der Waals surface area contributed by atoms with Crippen molar-refractivity contribution in [1.82, 2.24) is 15.0 Å². The van der Waals surface area contributed by atoms with Crippen LogP contribution in [-0.4, -0.2) is 15.0 Å². The molecule has 10 aromatic rings. The molecule has 55 heavy (non-hydrogen) atoms. The highest BCUT2D eigenvalue weighted by Crippen LogP contribution is 2.65. The van der Waals surface area contributed by atoms with Gasteiger partial charge < -0.3 is 0 Å². The fourth-order valence-corrected chi connectivity index (χ4v) is 9.57. The molecule has 7 aromatic carbocycles. The van der Waals surface area contributed by atoms with E-state index in [1.54, 1.807) is 0 Å². The molecular formula is C52H31N3. The molecule has 2 aliphatic rings. The number of nitrogens with zero attached hydrogens (tertiary/aromatic N) is 3. The minimum absolute atomic E-state index is 0.522. The van der Waals surface area contributed by atoms with Gasteiger partial charge in [-0.3, -0.25) is 4.98 Å². The number of pyridine rings is 3. The smallest absolute Gasteiger partial charge is 0.0972 e. The monoisotopic (exact) mass is 697 g/mol. The van der Waals surface area contributed by atoms with Gasteiger partial charge in [-0.05, 0) is 74.3 Å². The summed E-state index contributed by atoms with van der Waals surface area (Å²) >= 11 is 0. The van der Waals surface area contributed by atoms with Crippen LogP contribution in [0.15, 0.2) is 188 Å². The number of para-hydroxylation sites is 1. The SMILES string of the molecule is c1ccc(-c2nc3ccccc3c3c2-c2ccccc2C32c3ccccc3-c3ccc(-c4ccc(-c5ccc6ccc7cccnc7c6n5)cc4)cc32)cc1. The predicted octanol–water partition coefficient (Wildman–Crippen LogP) is 12.7. The maximum Gasteiger partial charge on any atom is 0.0972 e. The molecule has 0 bridgehead atoms. The summed E-state index contributed by atoms with van der Waals surface area (Å²) in [5.41, 5.74) is 19.2. The second-order valence-electron chi connectivity index (χ2n) is 14.7. The lowest BCUT2D eigenvalue weighted by Crippen LogP contribution is -2.26. The molecule has 2 aliphatic carbocycles. The summed E-state index contributed by atoms with van der Waals surface area (Å²) in [5.74, 6) is 0. The van der Waals surface area contributed by atoms with Crippen LogP contribution in [0.4, 0.5) is 0 Å². The third-order valence-corrected chi connectivity index (χ3v) is 11.9. The fourth-order valence-electron chi connectivity index (χ4n) is 9.57. The Morgan fingerprint density at radius 1 is 0.400 bits per heavy atom. The third-order valence-electron chi connectivity index (χ3n) is 11.9. The van der Waals surface area contributed by atoms with E-state index in [9.17, 15) is 0 Å². The first-order valence-corrected chi connectivity index (χ1v) is 18.9. The van der Waals surface area contributed by atoms with Crippen LogP contribution in [0.25, 0.3) is 88.6 Å². The van der Waals surface area contributed by atoms with Gasteiger partial charge in [0.1, 0.15) is 0 Å². The second kappa shape index (κ2) is 11.4. The third kappa shape index (κ3) is 4.18. The first-order chi connectivity index (χ1) is 27.3. The number of aromatic nitrogens is 3. The highest BCUT2D eigenvalue weighted by atomic mass is 14.8. The Balaban J connectivity index is 1.07. The molecule has 1 unspecified atom stereocenters. The van der Waals surface area contributed by atoms with Crippen LogP contribution >= 0.6 is 0 Å². The number of hydrogen-bond donors (Lipinski definition) is 0. The Bertz CT molecular complexity index is 3200. The van der Waals surface area contributed by atoms with Crippen molar-refractivity contribution in [3.63, 3.8) is 0 Å². The van der Waals surface area contributed by atoms with E-state index in [0.717, 1.165) is 49.8 Å². The van der Waals surface area contributed by atoms with Crippen LogP contribution in [0.3, 0.4) is 0 Å². The largest absolute Gasteiger partial charge is 0.254 e. The van der Waals surface area contributed by atoms with E-state index in [4.69, 9.17) is 9.97 Å². The molecule has 254 valence electrons. The summed E-state index contributed by atoms with van der Waals surface area (Å²) in [4.78, 5) is 15.2. The van der Waals surface area contributed by atoms with Crippen LogP contribution in [0.2, 0.25) is 0 Å². The normalized spacial score (nSPS) is 15.0. The molecule has 0 radical (unpaired) electrons. The number of hydrogen-bond acceptors (Lipinski definition) is 3. The predicted molar refractivity (Wildman–Crippen MR) is 225 cm³/mol. The molecule has 3 nitrogen and oxygen atoms in total. The molecule has 3 heteroatoms. The molecule has 0 saturated carbocycles. The molecule has 0 amide bonds. The quantitative estimate of drug-likeness (QED) is 0.173. The Labute approximate surface area is 318 Å².